The van der Waals surface area contributed by atoms with E-state index in [4.69, 9.17) is 5.73 Å². The highest BCUT2D eigenvalue weighted by atomic mass is 16.2. The number of rotatable bonds is 3. The van der Waals surface area contributed by atoms with Crippen LogP contribution in [0.4, 0.5) is 16.2 Å². The van der Waals surface area contributed by atoms with Crippen molar-refractivity contribution in [3.05, 3.63) is 59.7 Å². The summed E-state index contributed by atoms with van der Waals surface area (Å²) in [6.07, 6.45) is 0. The van der Waals surface area contributed by atoms with E-state index in [1.165, 1.54) is 6.92 Å². The zero-order valence-electron chi connectivity index (χ0n) is 12.7. The first kappa shape index (κ1) is 15.6. The van der Waals surface area contributed by atoms with Crippen molar-refractivity contribution in [2.24, 2.45) is 0 Å². The topological polar surface area (TPSA) is 75.4 Å². The number of nitrogens with two attached hydrogens (primary N) is 1. The van der Waals surface area contributed by atoms with Crippen LogP contribution in [0.1, 0.15) is 18.1 Å². The Morgan fingerprint density at radius 2 is 1.64 bits per heavy atom. The molecule has 0 atom stereocenters. The van der Waals surface area contributed by atoms with Crippen molar-refractivity contribution >= 4 is 23.3 Å². The van der Waals surface area contributed by atoms with Crippen molar-refractivity contribution in [3.8, 4) is 0 Å². The lowest BCUT2D eigenvalue weighted by Gasteiger charge is -2.20. The van der Waals surface area contributed by atoms with Gasteiger partial charge >= 0.3 is 6.03 Å². The van der Waals surface area contributed by atoms with Crippen LogP contribution in [0.5, 0.6) is 0 Å². The Morgan fingerprint density at radius 1 is 1.05 bits per heavy atom. The zero-order chi connectivity index (χ0) is 16.1. The maximum absolute atomic E-state index is 12.3. The second-order valence-electron chi connectivity index (χ2n) is 5.09. The van der Waals surface area contributed by atoms with E-state index in [-0.39, 0.29) is 5.91 Å². The highest BCUT2D eigenvalue weighted by molar-refractivity contribution is 6.13. The molecule has 0 saturated carbocycles. The molecular formula is C17H19N3O2. The van der Waals surface area contributed by atoms with Gasteiger partial charge in [0.15, 0.2) is 0 Å². The van der Waals surface area contributed by atoms with E-state index in [1.54, 1.807) is 24.3 Å². The lowest BCUT2D eigenvalue weighted by atomic mass is 10.1. The number of carbonyl (C=O) groups excluding carboxylic acids is 2. The highest BCUT2D eigenvalue weighted by Gasteiger charge is 2.19. The normalized spacial score (nSPS) is 10.1. The van der Waals surface area contributed by atoms with Crippen molar-refractivity contribution in [3.63, 3.8) is 0 Å². The highest BCUT2D eigenvalue weighted by Crippen LogP contribution is 2.17. The number of imide groups is 1. The second-order valence-corrected chi connectivity index (χ2v) is 5.09. The number of hydrogen-bond acceptors (Lipinski definition) is 3. The number of nitrogens with one attached hydrogen (secondary N) is 1. The van der Waals surface area contributed by atoms with Crippen molar-refractivity contribution in [2.45, 2.75) is 20.4 Å². The van der Waals surface area contributed by atoms with Gasteiger partial charge in [0.1, 0.15) is 0 Å². The summed E-state index contributed by atoms with van der Waals surface area (Å²) in [5.74, 6) is -0.355. The van der Waals surface area contributed by atoms with Gasteiger partial charge in [0.25, 0.3) is 0 Å². The zero-order valence-corrected chi connectivity index (χ0v) is 12.7. The molecular weight excluding hydrogens is 278 g/mol. The lowest BCUT2D eigenvalue weighted by molar-refractivity contribution is -0.115. The van der Waals surface area contributed by atoms with Crippen molar-refractivity contribution < 1.29 is 9.59 Å². The van der Waals surface area contributed by atoms with E-state index >= 15 is 0 Å². The van der Waals surface area contributed by atoms with Crippen LogP contribution < -0.4 is 16.0 Å². The Hall–Kier alpha value is -2.82. The average Bonchev–Trinajstić information content (AvgIpc) is 2.48. The minimum atomic E-state index is -0.460. The van der Waals surface area contributed by atoms with Crippen LogP contribution in [0.25, 0.3) is 0 Å². The van der Waals surface area contributed by atoms with Crippen LogP contribution in [0.3, 0.4) is 0 Å². The molecule has 0 aliphatic carbocycles. The first-order chi connectivity index (χ1) is 10.5. The van der Waals surface area contributed by atoms with Crippen LogP contribution >= 0.6 is 0 Å². The van der Waals surface area contributed by atoms with Gasteiger partial charge in [-0.2, -0.15) is 0 Å². The molecule has 0 fully saturated rings. The fraction of sp³-hybridized carbons (Fsp3) is 0.176. The molecule has 0 radical (unpaired) electrons. The molecule has 22 heavy (non-hydrogen) atoms. The van der Waals surface area contributed by atoms with E-state index in [0.717, 1.165) is 16.0 Å². The Morgan fingerprint density at radius 3 is 2.18 bits per heavy atom. The fourth-order valence-electron chi connectivity index (χ4n) is 2.03. The van der Waals surface area contributed by atoms with Gasteiger partial charge < -0.3 is 11.1 Å². The van der Waals surface area contributed by atoms with Crippen LogP contribution in [-0.4, -0.2) is 11.9 Å². The summed E-state index contributed by atoms with van der Waals surface area (Å²) in [5.41, 5.74) is 8.81. The third kappa shape index (κ3) is 3.85. The number of aryl methyl sites for hydroxylation is 1. The molecule has 2 rings (SSSR count). The van der Waals surface area contributed by atoms with Gasteiger partial charge in [0, 0.05) is 19.2 Å². The molecule has 2 aromatic carbocycles. The largest absolute Gasteiger partial charge is 0.399 e. The summed E-state index contributed by atoms with van der Waals surface area (Å²) in [4.78, 5) is 25.1. The smallest absolute Gasteiger partial charge is 0.329 e. The summed E-state index contributed by atoms with van der Waals surface area (Å²) in [6, 6.07) is 14.0. The van der Waals surface area contributed by atoms with Gasteiger partial charge in [-0.3, -0.25) is 4.79 Å². The molecule has 0 spiro atoms. The van der Waals surface area contributed by atoms with Gasteiger partial charge in [0.05, 0.1) is 5.69 Å². The molecule has 5 nitrogen and oxygen atoms in total. The summed E-state index contributed by atoms with van der Waals surface area (Å²) >= 11 is 0. The van der Waals surface area contributed by atoms with E-state index < -0.39 is 6.03 Å². The number of benzene rings is 2. The van der Waals surface area contributed by atoms with Gasteiger partial charge in [0.2, 0.25) is 5.91 Å². The van der Waals surface area contributed by atoms with Crippen molar-refractivity contribution in [2.75, 3.05) is 10.6 Å². The van der Waals surface area contributed by atoms with Gasteiger partial charge in [-0.05, 0) is 36.8 Å². The summed E-state index contributed by atoms with van der Waals surface area (Å²) < 4.78 is 0. The minimum Gasteiger partial charge on any atom is -0.399 e. The molecule has 2 aromatic rings. The third-order valence-corrected chi connectivity index (χ3v) is 3.23. The number of anilines is 2. The maximum Gasteiger partial charge on any atom is 0.329 e. The molecule has 0 saturated heterocycles. The molecule has 0 aliphatic rings. The van der Waals surface area contributed by atoms with E-state index in [9.17, 15) is 9.59 Å². The molecule has 0 bridgehead atoms. The lowest BCUT2D eigenvalue weighted by Crippen LogP contribution is -2.42. The number of carbonyl (C=O) groups is 2. The molecule has 114 valence electrons. The first-order valence-electron chi connectivity index (χ1n) is 6.97. The predicted molar refractivity (Wildman–Crippen MR) is 87.4 cm³/mol. The molecule has 0 heterocycles. The molecule has 0 unspecified atom stereocenters. The molecule has 0 aliphatic heterocycles. The number of amides is 3. The minimum absolute atomic E-state index is 0.355. The monoisotopic (exact) mass is 297 g/mol. The van der Waals surface area contributed by atoms with E-state index in [1.807, 2.05) is 31.2 Å². The van der Waals surface area contributed by atoms with Crippen molar-refractivity contribution in [1.29, 1.82) is 0 Å². The number of nitrogen functional groups attached to an aromatic ring is 1. The van der Waals surface area contributed by atoms with Crippen LogP contribution in [0.15, 0.2) is 48.5 Å². The Balaban J connectivity index is 2.08. The van der Waals surface area contributed by atoms with Gasteiger partial charge in [-0.1, -0.05) is 29.8 Å². The molecule has 5 heteroatoms. The number of urea groups is 1. The number of nitrogens with zero attached hydrogens (tertiary/aromatic N) is 1. The standard InChI is InChI=1S/C17H19N3O2/c1-12-3-5-14(6-4-12)11-19-17(22)20(13(2)21)16-9-7-15(18)8-10-16/h3-10H,11,18H2,1-2H3,(H,19,22). The molecule has 3 amide bonds. The van der Waals surface area contributed by atoms with Crippen LogP contribution in [0.2, 0.25) is 0 Å². The van der Waals surface area contributed by atoms with E-state index in [2.05, 4.69) is 5.32 Å². The van der Waals surface area contributed by atoms with E-state index in [0.29, 0.717) is 17.9 Å². The van der Waals surface area contributed by atoms with Crippen molar-refractivity contribution in [1.82, 2.24) is 5.32 Å². The quantitative estimate of drug-likeness (QED) is 0.855. The summed E-state index contributed by atoms with van der Waals surface area (Å²) in [6.45, 7) is 3.71. The second kappa shape index (κ2) is 6.76. The number of hydrogen-bond donors (Lipinski definition) is 2. The van der Waals surface area contributed by atoms with Crippen LogP contribution in [0, 0.1) is 6.92 Å². The average molecular weight is 297 g/mol. The first-order valence-corrected chi connectivity index (χ1v) is 6.97. The molecule has 0 aromatic heterocycles. The van der Waals surface area contributed by atoms with Crippen LogP contribution in [-0.2, 0) is 11.3 Å². The maximum atomic E-state index is 12.3. The Labute approximate surface area is 129 Å². The third-order valence-electron chi connectivity index (χ3n) is 3.23. The van der Waals surface area contributed by atoms with Gasteiger partial charge in [-0.25, -0.2) is 9.69 Å². The summed E-state index contributed by atoms with van der Waals surface area (Å²) in [7, 11) is 0. The van der Waals surface area contributed by atoms with Gasteiger partial charge in [-0.15, -0.1) is 0 Å². The Kier molecular flexibility index (Phi) is 4.78. The fourth-order valence-corrected chi connectivity index (χ4v) is 2.03. The summed E-state index contributed by atoms with van der Waals surface area (Å²) in [5, 5.41) is 2.75. The Bertz CT molecular complexity index is 663. The SMILES string of the molecule is CC(=O)N(C(=O)NCc1ccc(C)cc1)c1ccc(N)cc1. The molecule has 3 N–H and O–H groups in total. The predicted octanol–water partition coefficient (Wildman–Crippen LogP) is 2.84.